The molecule has 1 unspecified atom stereocenters. The molecule has 0 aliphatic carbocycles. The highest BCUT2D eigenvalue weighted by Crippen LogP contribution is 2.30. The van der Waals surface area contributed by atoms with Gasteiger partial charge in [-0.15, -0.1) is 0 Å². The average Bonchev–Trinajstić information content (AvgIpc) is 2.29. The molecule has 5 heteroatoms. The van der Waals surface area contributed by atoms with E-state index in [-0.39, 0.29) is 13.0 Å². The molecule has 94 valence electrons. The minimum Gasteiger partial charge on any atom is -0.496 e. The minimum absolute atomic E-state index is 0.0536. The van der Waals surface area contributed by atoms with Crippen LogP contribution in [0.5, 0.6) is 5.75 Å². The van der Waals surface area contributed by atoms with Crippen molar-refractivity contribution in [2.75, 3.05) is 13.7 Å². The Bertz CT molecular complexity index is 422. The van der Waals surface area contributed by atoms with E-state index in [1.165, 1.54) is 7.11 Å². The number of nitrogens with two attached hydrogens (primary N) is 1. The van der Waals surface area contributed by atoms with Crippen LogP contribution in [-0.4, -0.2) is 24.7 Å². The van der Waals surface area contributed by atoms with Gasteiger partial charge in [-0.25, -0.2) is 0 Å². The van der Waals surface area contributed by atoms with E-state index in [4.69, 9.17) is 22.1 Å². The fraction of sp³-hybridized carbons (Fsp3) is 0.417. The topological polar surface area (TPSA) is 72.5 Å². The first-order valence-electron chi connectivity index (χ1n) is 5.19. The first-order valence-corrected chi connectivity index (χ1v) is 5.56. The summed E-state index contributed by atoms with van der Waals surface area (Å²) >= 11 is 5.89. The Hall–Kier alpha value is -1.26. The van der Waals surface area contributed by atoms with Crippen molar-refractivity contribution >= 4 is 17.6 Å². The maximum Gasteiger partial charge on any atom is 0.310 e. The van der Waals surface area contributed by atoms with E-state index in [9.17, 15) is 9.90 Å². The second kappa shape index (κ2) is 5.38. The molecule has 0 aliphatic heterocycles. The van der Waals surface area contributed by atoms with Crippen LogP contribution in [-0.2, 0) is 11.2 Å². The Morgan fingerprint density at radius 2 is 2.24 bits per heavy atom. The number of carboxylic acids is 1. The fourth-order valence-corrected chi connectivity index (χ4v) is 1.74. The zero-order valence-corrected chi connectivity index (χ0v) is 10.6. The van der Waals surface area contributed by atoms with Gasteiger partial charge in [0.2, 0.25) is 0 Å². The van der Waals surface area contributed by atoms with Crippen LogP contribution >= 0.6 is 11.6 Å². The molecule has 1 atom stereocenters. The van der Waals surface area contributed by atoms with Crippen molar-refractivity contribution in [3.8, 4) is 5.75 Å². The molecule has 0 saturated carbocycles. The van der Waals surface area contributed by atoms with E-state index < -0.39 is 11.4 Å². The monoisotopic (exact) mass is 257 g/mol. The smallest absolute Gasteiger partial charge is 0.310 e. The van der Waals surface area contributed by atoms with Crippen molar-refractivity contribution < 1.29 is 14.6 Å². The van der Waals surface area contributed by atoms with Crippen LogP contribution < -0.4 is 10.5 Å². The van der Waals surface area contributed by atoms with E-state index in [0.29, 0.717) is 10.8 Å². The van der Waals surface area contributed by atoms with Gasteiger partial charge in [0.1, 0.15) is 5.75 Å². The van der Waals surface area contributed by atoms with Crippen LogP contribution in [0.25, 0.3) is 0 Å². The van der Waals surface area contributed by atoms with Crippen molar-refractivity contribution in [3.05, 3.63) is 28.8 Å². The molecule has 1 rings (SSSR count). The summed E-state index contributed by atoms with van der Waals surface area (Å²) in [7, 11) is 1.54. The summed E-state index contributed by atoms with van der Waals surface area (Å²) in [5, 5.41) is 9.72. The molecule has 0 amide bonds. The van der Waals surface area contributed by atoms with Gasteiger partial charge in [-0.3, -0.25) is 4.79 Å². The van der Waals surface area contributed by atoms with Gasteiger partial charge in [0.25, 0.3) is 0 Å². The Morgan fingerprint density at radius 3 is 2.71 bits per heavy atom. The third kappa shape index (κ3) is 3.11. The van der Waals surface area contributed by atoms with Crippen molar-refractivity contribution in [3.63, 3.8) is 0 Å². The van der Waals surface area contributed by atoms with Crippen LogP contribution in [0.1, 0.15) is 12.5 Å². The summed E-state index contributed by atoms with van der Waals surface area (Å²) in [6.45, 7) is 1.66. The Kier molecular flexibility index (Phi) is 4.37. The van der Waals surface area contributed by atoms with Crippen LogP contribution in [0.3, 0.4) is 0 Å². The number of hydrogen-bond acceptors (Lipinski definition) is 3. The Labute approximate surface area is 105 Å². The normalized spacial score (nSPS) is 14.1. The molecule has 0 bridgehead atoms. The summed E-state index contributed by atoms with van der Waals surface area (Å²) in [4.78, 5) is 11.2. The first-order chi connectivity index (χ1) is 7.92. The molecule has 1 aromatic carbocycles. The summed E-state index contributed by atoms with van der Waals surface area (Å²) < 4.78 is 5.18. The quantitative estimate of drug-likeness (QED) is 0.846. The molecule has 17 heavy (non-hydrogen) atoms. The van der Waals surface area contributed by atoms with Crippen LogP contribution in [0.15, 0.2) is 18.2 Å². The number of halogens is 1. The van der Waals surface area contributed by atoms with Crippen LogP contribution in [0.2, 0.25) is 5.02 Å². The molecule has 4 nitrogen and oxygen atoms in total. The van der Waals surface area contributed by atoms with Gasteiger partial charge < -0.3 is 15.6 Å². The number of carboxylic acid groups (broad SMARTS) is 1. The third-order valence-electron chi connectivity index (χ3n) is 2.79. The summed E-state index contributed by atoms with van der Waals surface area (Å²) in [6, 6.07) is 5.12. The number of ether oxygens (including phenoxy) is 1. The lowest BCUT2D eigenvalue weighted by atomic mass is 9.83. The number of hydrogen-bond donors (Lipinski definition) is 2. The van der Waals surface area contributed by atoms with Crippen LogP contribution in [0, 0.1) is 5.41 Å². The molecule has 0 spiro atoms. The Morgan fingerprint density at radius 1 is 1.59 bits per heavy atom. The molecular formula is C12H16ClNO3. The largest absolute Gasteiger partial charge is 0.496 e. The molecule has 0 aromatic heterocycles. The van der Waals surface area contributed by atoms with Crippen molar-refractivity contribution in [1.82, 2.24) is 0 Å². The Balaban J connectivity index is 3.08. The first kappa shape index (κ1) is 13.8. The van der Waals surface area contributed by atoms with Gasteiger partial charge in [-0.05, 0) is 37.1 Å². The molecule has 0 fully saturated rings. The molecule has 0 aliphatic rings. The van der Waals surface area contributed by atoms with Gasteiger partial charge >= 0.3 is 5.97 Å². The summed E-state index contributed by atoms with van der Waals surface area (Å²) in [5.74, 6) is -0.308. The van der Waals surface area contributed by atoms with Crippen molar-refractivity contribution in [2.45, 2.75) is 13.3 Å². The van der Waals surface area contributed by atoms with E-state index >= 15 is 0 Å². The molecule has 0 radical (unpaired) electrons. The van der Waals surface area contributed by atoms with Gasteiger partial charge in [-0.2, -0.15) is 0 Å². The van der Waals surface area contributed by atoms with Gasteiger partial charge in [-0.1, -0.05) is 11.6 Å². The average molecular weight is 258 g/mol. The number of methoxy groups -OCH3 is 1. The fourth-order valence-electron chi connectivity index (χ4n) is 1.54. The van der Waals surface area contributed by atoms with Gasteiger partial charge in [0.15, 0.2) is 0 Å². The molecule has 0 saturated heterocycles. The SMILES string of the molecule is COc1ccc(Cl)cc1CC(C)(CN)C(=O)O. The standard InChI is InChI=1S/C12H16ClNO3/c1-12(7-14,11(15)16)6-8-5-9(13)3-4-10(8)17-2/h3-5H,6-7,14H2,1-2H3,(H,15,16). The second-order valence-corrected chi connectivity index (χ2v) is 4.64. The zero-order chi connectivity index (χ0) is 13.1. The predicted octanol–water partition coefficient (Wildman–Crippen LogP) is 1.94. The van der Waals surface area contributed by atoms with Crippen molar-refractivity contribution in [2.24, 2.45) is 11.1 Å². The molecule has 3 N–H and O–H groups in total. The maximum atomic E-state index is 11.2. The third-order valence-corrected chi connectivity index (χ3v) is 3.03. The summed E-state index contributed by atoms with van der Waals surface area (Å²) in [5.41, 5.74) is 5.26. The second-order valence-electron chi connectivity index (χ2n) is 4.20. The highest BCUT2D eigenvalue weighted by atomic mass is 35.5. The summed E-state index contributed by atoms with van der Waals surface area (Å²) in [6.07, 6.45) is 0.280. The van der Waals surface area contributed by atoms with Gasteiger partial charge in [0.05, 0.1) is 12.5 Å². The lowest BCUT2D eigenvalue weighted by molar-refractivity contribution is -0.147. The van der Waals surface area contributed by atoms with E-state index in [2.05, 4.69) is 0 Å². The van der Waals surface area contributed by atoms with Gasteiger partial charge in [0, 0.05) is 11.6 Å². The van der Waals surface area contributed by atoms with E-state index in [1.54, 1.807) is 25.1 Å². The number of carbonyl (C=O) groups is 1. The van der Waals surface area contributed by atoms with E-state index in [0.717, 1.165) is 5.56 Å². The predicted molar refractivity (Wildman–Crippen MR) is 66.5 cm³/mol. The number of benzene rings is 1. The lowest BCUT2D eigenvalue weighted by Gasteiger charge is -2.23. The maximum absolute atomic E-state index is 11.2. The number of aliphatic carboxylic acids is 1. The highest BCUT2D eigenvalue weighted by molar-refractivity contribution is 6.30. The zero-order valence-electron chi connectivity index (χ0n) is 9.87. The number of rotatable bonds is 5. The lowest BCUT2D eigenvalue weighted by Crippen LogP contribution is -2.37. The van der Waals surface area contributed by atoms with Crippen molar-refractivity contribution in [1.29, 1.82) is 0 Å². The van der Waals surface area contributed by atoms with E-state index in [1.807, 2.05) is 0 Å². The molecule has 0 heterocycles. The molecular weight excluding hydrogens is 242 g/mol. The molecule has 1 aromatic rings. The highest BCUT2D eigenvalue weighted by Gasteiger charge is 2.32. The van der Waals surface area contributed by atoms with Crippen LogP contribution in [0.4, 0.5) is 0 Å². The minimum atomic E-state index is -1.02.